The standard InChI is InChI=1S/C15H15BrN4O/c16-11-9-10-5-1-2-6-12(10)18-14(11)15-19-13(21-20-15)7-3-4-8-17/h1-2,5-6,9H,3-4,7-8,17H2. The van der Waals surface area contributed by atoms with Crippen LogP contribution in [0.15, 0.2) is 39.3 Å². The van der Waals surface area contributed by atoms with E-state index in [1.807, 2.05) is 30.3 Å². The smallest absolute Gasteiger partial charge is 0.227 e. The van der Waals surface area contributed by atoms with E-state index < -0.39 is 0 Å². The summed E-state index contributed by atoms with van der Waals surface area (Å²) in [5.74, 6) is 1.13. The first-order valence-electron chi connectivity index (χ1n) is 6.86. The summed E-state index contributed by atoms with van der Waals surface area (Å²) < 4.78 is 6.13. The fraction of sp³-hybridized carbons (Fsp3) is 0.267. The third-order valence-corrected chi connectivity index (χ3v) is 3.81. The molecule has 0 amide bonds. The zero-order chi connectivity index (χ0) is 14.7. The van der Waals surface area contributed by atoms with Crippen molar-refractivity contribution >= 4 is 26.8 Å². The van der Waals surface area contributed by atoms with Gasteiger partial charge in [-0.25, -0.2) is 4.98 Å². The number of benzene rings is 1. The molecule has 2 N–H and O–H groups in total. The van der Waals surface area contributed by atoms with Crippen molar-refractivity contribution in [2.45, 2.75) is 19.3 Å². The number of pyridine rings is 1. The lowest BCUT2D eigenvalue weighted by Gasteiger charge is -2.02. The Hall–Kier alpha value is -1.79. The largest absolute Gasteiger partial charge is 0.339 e. The van der Waals surface area contributed by atoms with E-state index in [2.05, 4.69) is 31.1 Å². The molecule has 108 valence electrons. The predicted octanol–water partition coefficient (Wildman–Crippen LogP) is 3.33. The van der Waals surface area contributed by atoms with Crippen LogP contribution < -0.4 is 5.73 Å². The quantitative estimate of drug-likeness (QED) is 0.717. The highest BCUT2D eigenvalue weighted by Crippen LogP contribution is 2.28. The van der Waals surface area contributed by atoms with Gasteiger partial charge in [0.25, 0.3) is 0 Å². The van der Waals surface area contributed by atoms with Crippen LogP contribution >= 0.6 is 15.9 Å². The summed E-state index contributed by atoms with van der Waals surface area (Å²) in [7, 11) is 0. The number of nitrogens with zero attached hydrogens (tertiary/aromatic N) is 3. The third kappa shape index (κ3) is 3.11. The first kappa shape index (κ1) is 14.2. The number of nitrogens with two attached hydrogens (primary N) is 1. The van der Waals surface area contributed by atoms with Gasteiger partial charge in [0.15, 0.2) is 0 Å². The van der Waals surface area contributed by atoms with E-state index in [1.54, 1.807) is 0 Å². The SMILES string of the molecule is NCCCCc1nc(-c2nc3ccccc3cc2Br)no1. The number of aromatic nitrogens is 3. The lowest BCUT2D eigenvalue weighted by Crippen LogP contribution is -1.99. The molecule has 6 heteroatoms. The molecule has 2 aromatic heterocycles. The Morgan fingerprint density at radius 1 is 1.14 bits per heavy atom. The first-order chi connectivity index (χ1) is 10.3. The molecule has 0 aliphatic carbocycles. The van der Waals surface area contributed by atoms with Crippen LogP contribution in [0.5, 0.6) is 0 Å². The fourth-order valence-electron chi connectivity index (χ4n) is 2.12. The van der Waals surface area contributed by atoms with E-state index in [-0.39, 0.29) is 0 Å². The molecule has 0 aliphatic rings. The van der Waals surface area contributed by atoms with Crippen LogP contribution in [0.3, 0.4) is 0 Å². The Morgan fingerprint density at radius 3 is 2.86 bits per heavy atom. The normalized spacial score (nSPS) is 11.1. The van der Waals surface area contributed by atoms with Crippen molar-refractivity contribution in [3.8, 4) is 11.5 Å². The topological polar surface area (TPSA) is 77.8 Å². The van der Waals surface area contributed by atoms with Gasteiger partial charge in [-0.1, -0.05) is 23.4 Å². The van der Waals surface area contributed by atoms with E-state index in [0.717, 1.165) is 34.6 Å². The van der Waals surface area contributed by atoms with Crippen molar-refractivity contribution < 1.29 is 4.52 Å². The number of halogens is 1. The van der Waals surface area contributed by atoms with Gasteiger partial charge in [-0.3, -0.25) is 0 Å². The second kappa shape index (κ2) is 6.32. The number of fused-ring (bicyclic) bond motifs is 1. The Kier molecular flexibility index (Phi) is 4.26. The minimum absolute atomic E-state index is 0.510. The monoisotopic (exact) mass is 346 g/mol. The van der Waals surface area contributed by atoms with Gasteiger partial charge in [0.05, 0.1) is 5.52 Å². The van der Waals surface area contributed by atoms with Gasteiger partial charge in [0.2, 0.25) is 11.7 Å². The zero-order valence-corrected chi connectivity index (χ0v) is 13.0. The molecule has 5 nitrogen and oxygen atoms in total. The molecule has 0 saturated carbocycles. The molecular weight excluding hydrogens is 332 g/mol. The number of unbranched alkanes of at least 4 members (excludes halogenated alkanes) is 1. The summed E-state index contributed by atoms with van der Waals surface area (Å²) in [4.78, 5) is 9.01. The molecule has 0 fully saturated rings. The van der Waals surface area contributed by atoms with Crippen molar-refractivity contribution in [2.24, 2.45) is 5.73 Å². The lowest BCUT2D eigenvalue weighted by atomic mass is 10.2. The molecule has 1 aromatic carbocycles. The van der Waals surface area contributed by atoms with Crippen molar-refractivity contribution in [2.75, 3.05) is 6.54 Å². The molecule has 0 unspecified atom stereocenters. The average Bonchev–Trinajstić information content (AvgIpc) is 2.95. The fourth-order valence-corrected chi connectivity index (χ4v) is 2.63. The highest BCUT2D eigenvalue weighted by Gasteiger charge is 2.14. The highest BCUT2D eigenvalue weighted by atomic mass is 79.9. The van der Waals surface area contributed by atoms with E-state index in [0.29, 0.717) is 24.0 Å². The van der Waals surface area contributed by atoms with Crippen molar-refractivity contribution in [1.82, 2.24) is 15.1 Å². The van der Waals surface area contributed by atoms with Gasteiger partial charge < -0.3 is 10.3 Å². The molecule has 0 atom stereocenters. The second-order valence-electron chi connectivity index (χ2n) is 4.77. The van der Waals surface area contributed by atoms with Crippen molar-refractivity contribution in [3.63, 3.8) is 0 Å². The molecule has 2 heterocycles. The van der Waals surface area contributed by atoms with Crippen molar-refractivity contribution in [3.05, 3.63) is 40.7 Å². The number of para-hydroxylation sites is 1. The number of aryl methyl sites for hydroxylation is 1. The van der Waals surface area contributed by atoms with E-state index >= 15 is 0 Å². The third-order valence-electron chi connectivity index (χ3n) is 3.20. The predicted molar refractivity (Wildman–Crippen MR) is 84.7 cm³/mol. The first-order valence-corrected chi connectivity index (χ1v) is 7.65. The second-order valence-corrected chi connectivity index (χ2v) is 5.62. The maximum absolute atomic E-state index is 5.48. The Labute approximate surface area is 130 Å². The molecule has 21 heavy (non-hydrogen) atoms. The molecule has 3 rings (SSSR count). The zero-order valence-electron chi connectivity index (χ0n) is 11.4. The molecule has 0 saturated heterocycles. The van der Waals surface area contributed by atoms with Crippen LogP contribution in [-0.2, 0) is 6.42 Å². The lowest BCUT2D eigenvalue weighted by molar-refractivity contribution is 0.375. The minimum atomic E-state index is 0.510. The van der Waals surface area contributed by atoms with Gasteiger partial charge in [-0.2, -0.15) is 4.98 Å². The van der Waals surface area contributed by atoms with E-state index in [9.17, 15) is 0 Å². The van der Waals surface area contributed by atoms with Crippen molar-refractivity contribution in [1.29, 1.82) is 0 Å². The summed E-state index contributed by atoms with van der Waals surface area (Å²) in [6, 6.07) is 9.95. The van der Waals surface area contributed by atoms with Gasteiger partial charge in [-0.05, 0) is 47.4 Å². The van der Waals surface area contributed by atoms with Crippen LogP contribution in [0.2, 0.25) is 0 Å². The van der Waals surface area contributed by atoms with E-state index in [1.165, 1.54) is 0 Å². The van der Waals surface area contributed by atoms with Crippen LogP contribution in [0.4, 0.5) is 0 Å². The maximum atomic E-state index is 5.48. The molecule has 3 aromatic rings. The summed E-state index contributed by atoms with van der Waals surface area (Å²) in [5, 5.41) is 5.09. The van der Waals surface area contributed by atoms with Crippen LogP contribution in [-0.4, -0.2) is 21.7 Å². The summed E-state index contributed by atoms with van der Waals surface area (Å²) in [6.07, 6.45) is 2.65. The molecule has 0 bridgehead atoms. The average molecular weight is 347 g/mol. The number of hydrogen-bond acceptors (Lipinski definition) is 5. The number of rotatable bonds is 5. The Morgan fingerprint density at radius 2 is 2.00 bits per heavy atom. The van der Waals surface area contributed by atoms with Crippen LogP contribution in [0, 0.1) is 0 Å². The Bertz CT molecular complexity index is 756. The van der Waals surface area contributed by atoms with Crippen LogP contribution in [0.25, 0.3) is 22.4 Å². The highest BCUT2D eigenvalue weighted by molar-refractivity contribution is 9.10. The number of hydrogen-bond donors (Lipinski definition) is 1. The van der Waals surface area contributed by atoms with Gasteiger partial charge >= 0.3 is 0 Å². The molecule has 0 radical (unpaired) electrons. The van der Waals surface area contributed by atoms with Gasteiger partial charge in [-0.15, -0.1) is 0 Å². The van der Waals surface area contributed by atoms with Gasteiger partial charge in [0.1, 0.15) is 5.69 Å². The summed E-state index contributed by atoms with van der Waals surface area (Å²) in [6.45, 7) is 0.679. The van der Waals surface area contributed by atoms with E-state index in [4.69, 9.17) is 10.3 Å². The summed E-state index contributed by atoms with van der Waals surface area (Å²) in [5.41, 5.74) is 7.08. The van der Waals surface area contributed by atoms with Gasteiger partial charge in [0, 0.05) is 16.3 Å². The maximum Gasteiger partial charge on any atom is 0.227 e. The minimum Gasteiger partial charge on any atom is -0.339 e. The molecule has 0 aliphatic heterocycles. The van der Waals surface area contributed by atoms with Crippen LogP contribution in [0.1, 0.15) is 18.7 Å². The molecular formula is C15H15BrN4O. The summed E-state index contributed by atoms with van der Waals surface area (Å²) >= 11 is 3.53. The Balaban J connectivity index is 1.91. The molecule has 0 spiro atoms.